The molecule has 1 unspecified atom stereocenters. The molecule has 1 atom stereocenters. The molecule has 0 aliphatic carbocycles. The highest BCUT2D eigenvalue weighted by Crippen LogP contribution is 2.33. The second-order valence-corrected chi connectivity index (χ2v) is 7.29. The molecule has 2 N–H and O–H groups in total. The van der Waals surface area contributed by atoms with Crippen LogP contribution in [0.15, 0.2) is 34.1 Å². The summed E-state index contributed by atoms with van der Waals surface area (Å²) in [5.41, 5.74) is 9.80. The quantitative estimate of drug-likeness (QED) is 0.902. The molecule has 0 saturated carbocycles. The molecule has 0 radical (unpaired) electrons. The highest BCUT2D eigenvalue weighted by atomic mass is 79.9. The van der Waals surface area contributed by atoms with Crippen molar-refractivity contribution in [2.45, 2.75) is 19.9 Å². The first-order chi connectivity index (χ1) is 9.02. The average molecular weight is 339 g/mol. The fraction of sp³-hybridized carbons (Fsp3) is 0.333. The molecule has 4 heteroatoms. The van der Waals surface area contributed by atoms with Gasteiger partial charge in [0.15, 0.2) is 0 Å². The fourth-order valence-corrected chi connectivity index (χ4v) is 3.92. The molecule has 1 heterocycles. The van der Waals surface area contributed by atoms with Crippen molar-refractivity contribution in [1.29, 1.82) is 0 Å². The number of nitrogens with two attached hydrogens (primary N) is 1. The number of nitrogens with zero attached hydrogens (tertiary/aromatic N) is 1. The van der Waals surface area contributed by atoms with Crippen molar-refractivity contribution in [3.8, 4) is 0 Å². The Bertz CT molecular complexity index is 565. The van der Waals surface area contributed by atoms with E-state index in [0.29, 0.717) is 6.54 Å². The van der Waals surface area contributed by atoms with Gasteiger partial charge < -0.3 is 10.6 Å². The van der Waals surface area contributed by atoms with Crippen molar-refractivity contribution in [3.05, 3.63) is 50.1 Å². The summed E-state index contributed by atoms with van der Waals surface area (Å²) in [4.78, 5) is 3.56. The van der Waals surface area contributed by atoms with Crippen LogP contribution in [0.4, 0.5) is 5.69 Å². The van der Waals surface area contributed by atoms with E-state index in [4.69, 9.17) is 5.73 Å². The van der Waals surface area contributed by atoms with Crippen molar-refractivity contribution in [2.24, 2.45) is 5.73 Å². The molecule has 0 amide bonds. The van der Waals surface area contributed by atoms with Crippen molar-refractivity contribution < 1.29 is 0 Å². The van der Waals surface area contributed by atoms with E-state index in [1.165, 1.54) is 21.7 Å². The van der Waals surface area contributed by atoms with Crippen molar-refractivity contribution in [2.75, 3.05) is 18.5 Å². The van der Waals surface area contributed by atoms with Gasteiger partial charge in [0.1, 0.15) is 0 Å². The van der Waals surface area contributed by atoms with Gasteiger partial charge in [-0.15, -0.1) is 11.3 Å². The van der Waals surface area contributed by atoms with Crippen molar-refractivity contribution >= 4 is 33.0 Å². The molecule has 1 aromatic carbocycles. The number of hydrogen-bond donors (Lipinski definition) is 1. The normalized spacial score (nSPS) is 12.5. The van der Waals surface area contributed by atoms with Crippen LogP contribution >= 0.6 is 27.3 Å². The van der Waals surface area contributed by atoms with E-state index < -0.39 is 0 Å². The Hall–Kier alpha value is -0.840. The van der Waals surface area contributed by atoms with E-state index in [1.54, 1.807) is 11.3 Å². The van der Waals surface area contributed by atoms with Crippen LogP contribution in [0.3, 0.4) is 0 Å². The smallest absolute Gasteiger partial charge is 0.0754 e. The second-order valence-electron chi connectivity index (χ2n) is 4.79. The molecule has 2 aromatic rings. The second kappa shape index (κ2) is 6.07. The Labute approximate surface area is 127 Å². The molecule has 0 aliphatic heterocycles. The number of benzene rings is 1. The monoisotopic (exact) mass is 338 g/mol. The first kappa shape index (κ1) is 14.6. The van der Waals surface area contributed by atoms with Gasteiger partial charge in [0.25, 0.3) is 0 Å². The number of rotatable bonds is 4. The largest absolute Gasteiger partial charge is 0.365 e. The number of aryl methyl sites for hydroxylation is 2. The van der Waals surface area contributed by atoms with Gasteiger partial charge in [0, 0.05) is 24.2 Å². The predicted molar refractivity (Wildman–Crippen MR) is 88.1 cm³/mol. The van der Waals surface area contributed by atoms with Crippen LogP contribution in [0.5, 0.6) is 0 Å². The van der Waals surface area contributed by atoms with E-state index in [9.17, 15) is 0 Å². The van der Waals surface area contributed by atoms with Gasteiger partial charge in [-0.3, -0.25) is 0 Å². The lowest BCUT2D eigenvalue weighted by molar-refractivity contribution is 0.691. The molecule has 0 spiro atoms. The molecule has 2 rings (SSSR count). The Morgan fingerprint density at radius 1 is 1.26 bits per heavy atom. The topological polar surface area (TPSA) is 29.3 Å². The van der Waals surface area contributed by atoms with Crippen LogP contribution in [0.25, 0.3) is 0 Å². The van der Waals surface area contributed by atoms with Crippen LogP contribution < -0.4 is 10.6 Å². The first-order valence-corrected chi connectivity index (χ1v) is 7.89. The summed E-state index contributed by atoms with van der Waals surface area (Å²) in [6.07, 6.45) is 0. The zero-order chi connectivity index (χ0) is 14.0. The molecular weight excluding hydrogens is 320 g/mol. The van der Waals surface area contributed by atoms with Crippen molar-refractivity contribution in [1.82, 2.24) is 0 Å². The molecular formula is C15H19BrN2S. The molecule has 0 saturated heterocycles. The fourth-order valence-electron chi connectivity index (χ4n) is 2.34. The highest BCUT2D eigenvalue weighted by Gasteiger charge is 2.19. The summed E-state index contributed by atoms with van der Waals surface area (Å²) < 4.78 is 1.15. The maximum atomic E-state index is 5.98. The minimum absolute atomic E-state index is 0.220. The zero-order valence-electron chi connectivity index (χ0n) is 11.5. The maximum Gasteiger partial charge on any atom is 0.0754 e. The van der Waals surface area contributed by atoms with Crippen LogP contribution in [0, 0.1) is 13.8 Å². The molecule has 0 fully saturated rings. The predicted octanol–water partition coefficient (Wildman–Crippen LogP) is 4.26. The molecule has 0 bridgehead atoms. The molecule has 102 valence electrons. The first-order valence-electron chi connectivity index (χ1n) is 6.28. The average Bonchev–Trinajstić information content (AvgIpc) is 2.76. The van der Waals surface area contributed by atoms with Gasteiger partial charge in [-0.25, -0.2) is 0 Å². The van der Waals surface area contributed by atoms with Gasteiger partial charge >= 0.3 is 0 Å². The summed E-state index contributed by atoms with van der Waals surface area (Å²) in [6, 6.07) is 11.0. The van der Waals surface area contributed by atoms with E-state index in [-0.39, 0.29) is 6.04 Å². The van der Waals surface area contributed by atoms with Crippen molar-refractivity contribution in [3.63, 3.8) is 0 Å². The number of thiophene rings is 1. The van der Waals surface area contributed by atoms with Gasteiger partial charge in [0.05, 0.1) is 9.83 Å². The third-order valence-electron chi connectivity index (χ3n) is 3.35. The molecule has 1 aromatic heterocycles. The molecule has 2 nitrogen and oxygen atoms in total. The lowest BCUT2D eigenvalue weighted by Crippen LogP contribution is -2.30. The van der Waals surface area contributed by atoms with Gasteiger partial charge in [0.2, 0.25) is 0 Å². The Balaban J connectivity index is 2.32. The number of anilines is 1. The van der Waals surface area contributed by atoms with Crippen LogP contribution in [0.2, 0.25) is 0 Å². The van der Waals surface area contributed by atoms with Crippen LogP contribution in [-0.4, -0.2) is 13.6 Å². The Morgan fingerprint density at radius 3 is 2.53 bits per heavy atom. The summed E-state index contributed by atoms with van der Waals surface area (Å²) in [5.74, 6) is 0. The molecule has 0 aliphatic rings. The third-order valence-corrected chi connectivity index (χ3v) is 5.07. The number of halogens is 1. The SMILES string of the molecule is Cc1ccc(N(C)C(CN)c2ccc(Br)s2)c(C)c1. The highest BCUT2D eigenvalue weighted by molar-refractivity contribution is 9.11. The summed E-state index contributed by atoms with van der Waals surface area (Å²) in [7, 11) is 2.11. The minimum atomic E-state index is 0.220. The lowest BCUT2D eigenvalue weighted by atomic mass is 10.1. The van der Waals surface area contributed by atoms with Gasteiger partial charge in [-0.05, 0) is 53.5 Å². The standard InChI is InChI=1S/C15H19BrN2S/c1-10-4-5-12(11(2)8-10)18(3)13(9-17)14-6-7-15(16)19-14/h4-8,13H,9,17H2,1-3H3. The van der Waals surface area contributed by atoms with Crippen LogP contribution in [0.1, 0.15) is 22.0 Å². The van der Waals surface area contributed by atoms with Crippen LogP contribution in [-0.2, 0) is 0 Å². The van der Waals surface area contributed by atoms with E-state index in [1.807, 2.05) is 0 Å². The van der Waals surface area contributed by atoms with E-state index >= 15 is 0 Å². The van der Waals surface area contributed by atoms with Gasteiger partial charge in [-0.2, -0.15) is 0 Å². The summed E-state index contributed by atoms with van der Waals surface area (Å²) >= 11 is 5.27. The minimum Gasteiger partial charge on any atom is -0.365 e. The Kier molecular flexibility index (Phi) is 4.66. The van der Waals surface area contributed by atoms with E-state index in [0.717, 1.165) is 3.79 Å². The number of hydrogen-bond acceptors (Lipinski definition) is 3. The Morgan fingerprint density at radius 2 is 2.00 bits per heavy atom. The van der Waals surface area contributed by atoms with Gasteiger partial charge in [-0.1, -0.05) is 17.7 Å². The third kappa shape index (κ3) is 3.19. The van der Waals surface area contributed by atoms with E-state index in [2.05, 4.69) is 72.1 Å². The summed E-state index contributed by atoms with van der Waals surface area (Å²) in [6.45, 7) is 4.88. The lowest BCUT2D eigenvalue weighted by Gasteiger charge is -2.30. The zero-order valence-corrected chi connectivity index (χ0v) is 13.9. The number of likely N-dealkylation sites (N-methyl/N-ethyl adjacent to an activating group) is 1. The molecule has 19 heavy (non-hydrogen) atoms. The maximum absolute atomic E-state index is 5.98. The summed E-state index contributed by atoms with van der Waals surface area (Å²) in [5, 5.41) is 0.